The molecule has 7 nitrogen and oxygen atoms in total. The Balaban J connectivity index is 1.68. The van der Waals surface area contributed by atoms with Crippen molar-refractivity contribution in [2.24, 2.45) is 0 Å². The predicted molar refractivity (Wildman–Crippen MR) is 108 cm³/mol. The summed E-state index contributed by atoms with van der Waals surface area (Å²) in [7, 11) is 0. The van der Waals surface area contributed by atoms with Gasteiger partial charge >= 0.3 is 0 Å². The first-order chi connectivity index (χ1) is 13.6. The Hall–Kier alpha value is -2.71. The summed E-state index contributed by atoms with van der Waals surface area (Å²) in [5.74, 6) is 2.71. The molecule has 4 rings (SSSR count). The van der Waals surface area contributed by atoms with E-state index in [9.17, 15) is 0 Å². The Morgan fingerprint density at radius 1 is 1.07 bits per heavy atom. The minimum Gasteiger partial charge on any atom is -0.338 e. The normalized spacial score (nSPS) is 11.3. The van der Waals surface area contributed by atoms with E-state index in [1.54, 1.807) is 12.4 Å². The third-order valence-corrected chi connectivity index (χ3v) is 5.15. The van der Waals surface area contributed by atoms with Gasteiger partial charge in [-0.2, -0.15) is 4.98 Å². The molecule has 0 bridgehead atoms. The number of rotatable bonds is 6. The Morgan fingerprint density at radius 2 is 1.82 bits per heavy atom. The molecule has 9 heteroatoms. The average Bonchev–Trinajstić information content (AvgIpc) is 3.35. The molecule has 0 aliphatic rings. The molecule has 0 aliphatic heterocycles. The first kappa shape index (κ1) is 18.6. The van der Waals surface area contributed by atoms with Crippen molar-refractivity contribution < 1.29 is 4.52 Å². The van der Waals surface area contributed by atoms with Gasteiger partial charge in [0.15, 0.2) is 16.8 Å². The van der Waals surface area contributed by atoms with Crippen molar-refractivity contribution in [2.75, 3.05) is 0 Å². The lowest BCUT2D eigenvalue weighted by atomic mass is 10.2. The van der Waals surface area contributed by atoms with Gasteiger partial charge in [-0.3, -0.25) is 9.55 Å². The van der Waals surface area contributed by atoms with Crippen molar-refractivity contribution in [3.8, 4) is 17.1 Å². The third kappa shape index (κ3) is 3.93. The van der Waals surface area contributed by atoms with Crippen LogP contribution in [0.15, 0.2) is 58.5 Å². The maximum absolute atomic E-state index is 6.06. The molecule has 0 fully saturated rings. The number of aromatic nitrogens is 6. The fourth-order valence-corrected chi connectivity index (χ4v) is 3.48. The fraction of sp³-hybridized carbons (Fsp3) is 0.211. The number of thioether (sulfide) groups is 1. The average molecular weight is 413 g/mol. The van der Waals surface area contributed by atoms with E-state index in [0.29, 0.717) is 22.5 Å². The summed E-state index contributed by atoms with van der Waals surface area (Å²) in [6.07, 6.45) is 3.46. The smallest absolute Gasteiger partial charge is 0.237 e. The first-order valence-corrected chi connectivity index (χ1v) is 10.0. The summed E-state index contributed by atoms with van der Waals surface area (Å²) < 4.78 is 7.32. The molecule has 0 saturated heterocycles. The molecular weight excluding hydrogens is 396 g/mol. The van der Waals surface area contributed by atoms with Gasteiger partial charge in [0.05, 0.1) is 5.75 Å². The highest BCUT2D eigenvalue weighted by molar-refractivity contribution is 7.98. The highest BCUT2D eigenvalue weighted by Crippen LogP contribution is 2.30. The molecule has 1 aromatic carbocycles. The molecule has 0 spiro atoms. The highest BCUT2D eigenvalue weighted by Gasteiger charge is 2.18. The van der Waals surface area contributed by atoms with Crippen LogP contribution in [-0.2, 0) is 5.75 Å². The molecule has 142 valence electrons. The van der Waals surface area contributed by atoms with Crippen LogP contribution in [0.3, 0.4) is 0 Å². The molecule has 0 N–H and O–H groups in total. The number of hydrogen-bond donors (Lipinski definition) is 0. The summed E-state index contributed by atoms with van der Waals surface area (Å²) in [6, 6.07) is 11.4. The van der Waals surface area contributed by atoms with Gasteiger partial charge in [0.2, 0.25) is 5.89 Å². The minimum absolute atomic E-state index is 0.221. The zero-order valence-corrected chi connectivity index (χ0v) is 16.9. The second-order valence-electron chi connectivity index (χ2n) is 6.34. The summed E-state index contributed by atoms with van der Waals surface area (Å²) in [5, 5.41) is 14.2. The van der Waals surface area contributed by atoms with Crippen LogP contribution in [0.5, 0.6) is 0 Å². The van der Waals surface area contributed by atoms with E-state index in [1.807, 2.05) is 54.8 Å². The molecule has 0 atom stereocenters. The zero-order chi connectivity index (χ0) is 19.5. The van der Waals surface area contributed by atoms with Crippen LogP contribution in [0.1, 0.15) is 31.5 Å². The minimum atomic E-state index is 0.221. The van der Waals surface area contributed by atoms with Crippen molar-refractivity contribution in [3.63, 3.8) is 0 Å². The van der Waals surface area contributed by atoms with Crippen LogP contribution in [0.25, 0.3) is 17.1 Å². The lowest BCUT2D eigenvalue weighted by molar-refractivity contribution is 0.382. The molecule has 0 saturated carbocycles. The summed E-state index contributed by atoms with van der Waals surface area (Å²) in [4.78, 5) is 8.50. The quantitative estimate of drug-likeness (QED) is 0.421. The van der Waals surface area contributed by atoms with E-state index in [1.165, 1.54) is 11.8 Å². The van der Waals surface area contributed by atoms with Gasteiger partial charge in [0.25, 0.3) is 0 Å². The van der Waals surface area contributed by atoms with Gasteiger partial charge in [-0.25, -0.2) is 0 Å². The van der Waals surface area contributed by atoms with Crippen molar-refractivity contribution in [2.45, 2.75) is 30.7 Å². The van der Waals surface area contributed by atoms with Gasteiger partial charge in [-0.1, -0.05) is 42.4 Å². The molecule has 0 aliphatic carbocycles. The monoisotopic (exact) mass is 412 g/mol. The lowest BCUT2D eigenvalue weighted by Crippen LogP contribution is -2.00. The van der Waals surface area contributed by atoms with E-state index in [-0.39, 0.29) is 5.92 Å². The highest BCUT2D eigenvalue weighted by atomic mass is 35.5. The van der Waals surface area contributed by atoms with Crippen LogP contribution in [0.4, 0.5) is 0 Å². The second-order valence-corrected chi connectivity index (χ2v) is 7.72. The van der Waals surface area contributed by atoms with Crippen LogP contribution in [0, 0.1) is 0 Å². The van der Waals surface area contributed by atoms with E-state index in [4.69, 9.17) is 16.1 Å². The van der Waals surface area contributed by atoms with Crippen molar-refractivity contribution in [1.29, 1.82) is 0 Å². The number of hydrogen-bond acceptors (Lipinski definition) is 7. The lowest BCUT2D eigenvalue weighted by Gasteiger charge is -2.10. The SMILES string of the molecule is CC(C)c1noc(CSc2nnc(-c3ccncc3)n2-c2ccc(Cl)cc2)n1. The van der Waals surface area contributed by atoms with Crippen molar-refractivity contribution >= 4 is 23.4 Å². The number of pyridine rings is 1. The topological polar surface area (TPSA) is 82.5 Å². The third-order valence-electron chi connectivity index (χ3n) is 3.98. The Labute approximate surface area is 171 Å². The number of nitrogens with zero attached hydrogens (tertiary/aromatic N) is 6. The second kappa shape index (κ2) is 8.12. The van der Waals surface area contributed by atoms with Gasteiger partial charge in [0, 0.05) is 34.6 Å². The Morgan fingerprint density at radius 3 is 2.50 bits per heavy atom. The number of benzene rings is 1. The predicted octanol–water partition coefficient (Wildman–Crippen LogP) is 4.78. The number of halogens is 1. The molecule has 4 aromatic rings. The van der Waals surface area contributed by atoms with Gasteiger partial charge in [-0.15, -0.1) is 10.2 Å². The van der Waals surface area contributed by atoms with Crippen LogP contribution in [0.2, 0.25) is 5.02 Å². The van der Waals surface area contributed by atoms with E-state index in [2.05, 4.69) is 25.3 Å². The van der Waals surface area contributed by atoms with Crippen molar-refractivity contribution in [1.82, 2.24) is 29.9 Å². The van der Waals surface area contributed by atoms with E-state index >= 15 is 0 Å². The van der Waals surface area contributed by atoms with Crippen LogP contribution in [-0.4, -0.2) is 29.9 Å². The summed E-state index contributed by atoms with van der Waals surface area (Å²) in [6.45, 7) is 4.06. The maximum Gasteiger partial charge on any atom is 0.237 e. The van der Waals surface area contributed by atoms with Crippen molar-refractivity contribution in [3.05, 3.63) is 65.5 Å². The largest absolute Gasteiger partial charge is 0.338 e. The maximum atomic E-state index is 6.06. The van der Waals surface area contributed by atoms with E-state index in [0.717, 1.165) is 22.2 Å². The molecular formula is C19H17ClN6OS. The molecule has 3 heterocycles. The van der Waals surface area contributed by atoms with Gasteiger partial charge in [-0.05, 0) is 36.4 Å². The van der Waals surface area contributed by atoms with Crippen LogP contribution < -0.4 is 0 Å². The van der Waals surface area contributed by atoms with Gasteiger partial charge in [0.1, 0.15) is 0 Å². The molecule has 0 unspecified atom stereocenters. The molecule has 28 heavy (non-hydrogen) atoms. The molecule has 0 amide bonds. The van der Waals surface area contributed by atoms with E-state index < -0.39 is 0 Å². The summed E-state index contributed by atoms with van der Waals surface area (Å²) in [5.41, 5.74) is 1.83. The van der Waals surface area contributed by atoms with Gasteiger partial charge < -0.3 is 4.52 Å². The zero-order valence-electron chi connectivity index (χ0n) is 15.3. The van der Waals surface area contributed by atoms with Crippen LogP contribution >= 0.6 is 23.4 Å². The Kier molecular flexibility index (Phi) is 5.40. The fourth-order valence-electron chi connectivity index (χ4n) is 2.56. The summed E-state index contributed by atoms with van der Waals surface area (Å²) >= 11 is 7.54. The molecule has 0 radical (unpaired) electrons. The standard InChI is InChI=1S/C19H17ClN6OS/c1-12(2)17-22-16(27-25-17)11-28-19-24-23-18(13-7-9-21-10-8-13)26(19)15-5-3-14(20)4-6-15/h3-10,12H,11H2,1-2H3. The Bertz CT molecular complexity index is 1060. The first-order valence-electron chi connectivity index (χ1n) is 8.69. The molecule has 3 aromatic heterocycles.